The number of ether oxygens (including phenoxy) is 2. The van der Waals surface area contributed by atoms with Gasteiger partial charge in [-0.05, 0) is 75.1 Å². The summed E-state index contributed by atoms with van der Waals surface area (Å²) in [6, 6.07) is 17.6. The number of phenolic OH excluding ortho intramolecular Hbond substituents is 1. The first-order chi connectivity index (χ1) is 17.5. The molecule has 0 saturated carbocycles. The van der Waals surface area contributed by atoms with E-state index >= 15 is 0 Å². The normalized spacial score (nSPS) is 12.0. The molecule has 1 atom stereocenters. The van der Waals surface area contributed by atoms with Crippen LogP contribution in [0.1, 0.15) is 48.7 Å². The maximum absolute atomic E-state index is 13.6. The van der Waals surface area contributed by atoms with Gasteiger partial charge < -0.3 is 25.6 Å². The number of benzene rings is 3. The van der Waals surface area contributed by atoms with Crippen LogP contribution in [-0.2, 0) is 22.4 Å². The van der Waals surface area contributed by atoms with Crippen molar-refractivity contribution in [3.63, 3.8) is 0 Å². The number of anilines is 1. The van der Waals surface area contributed by atoms with Crippen LogP contribution in [0, 0.1) is 5.82 Å². The number of hydrogen-bond donors (Lipinski definition) is 3. The lowest BCUT2D eigenvalue weighted by Crippen LogP contribution is -2.44. The number of aryl methyl sites for hydroxylation is 1. The topological polar surface area (TPSA) is 111 Å². The van der Waals surface area contributed by atoms with Gasteiger partial charge in [-0.3, -0.25) is 4.79 Å². The van der Waals surface area contributed by atoms with Crippen LogP contribution in [0.4, 0.5) is 10.1 Å². The fourth-order valence-corrected chi connectivity index (χ4v) is 3.60. The van der Waals surface area contributed by atoms with E-state index in [0.717, 1.165) is 5.56 Å². The van der Waals surface area contributed by atoms with Gasteiger partial charge in [0.15, 0.2) is 11.6 Å². The van der Waals surface area contributed by atoms with Crippen LogP contribution in [0.15, 0.2) is 66.7 Å². The van der Waals surface area contributed by atoms with Gasteiger partial charge >= 0.3 is 5.97 Å². The molecule has 4 N–H and O–H groups in total. The highest BCUT2D eigenvalue weighted by Crippen LogP contribution is 2.24. The number of nitrogen functional groups attached to an aromatic ring is 1. The third-order valence-corrected chi connectivity index (χ3v) is 5.50. The Bertz CT molecular complexity index is 1220. The molecule has 1 amide bonds. The molecule has 0 fully saturated rings. The van der Waals surface area contributed by atoms with E-state index in [9.17, 15) is 19.1 Å². The zero-order valence-electron chi connectivity index (χ0n) is 21.3. The van der Waals surface area contributed by atoms with E-state index in [1.807, 2.05) is 30.3 Å². The maximum Gasteiger partial charge on any atom is 0.329 e. The number of nitrogens with one attached hydrogen (secondary N) is 1. The molecular formula is C29H33FN2O5. The fraction of sp³-hybridized carbons (Fsp3) is 0.310. The average Bonchev–Trinajstić information content (AvgIpc) is 2.84. The van der Waals surface area contributed by atoms with Crippen LogP contribution >= 0.6 is 0 Å². The summed E-state index contributed by atoms with van der Waals surface area (Å²) in [4.78, 5) is 25.9. The van der Waals surface area contributed by atoms with E-state index in [1.54, 1.807) is 39.0 Å². The second-order valence-corrected chi connectivity index (χ2v) is 9.72. The molecule has 0 radical (unpaired) electrons. The molecule has 3 rings (SSSR count). The molecule has 37 heavy (non-hydrogen) atoms. The first-order valence-corrected chi connectivity index (χ1v) is 12.1. The van der Waals surface area contributed by atoms with Crippen LogP contribution in [-0.4, -0.2) is 35.2 Å². The molecule has 0 bridgehead atoms. The first-order valence-electron chi connectivity index (χ1n) is 12.1. The Kier molecular flexibility index (Phi) is 9.11. The number of halogens is 1. The average molecular weight is 509 g/mol. The summed E-state index contributed by atoms with van der Waals surface area (Å²) in [6.07, 6.45) is 1.32. The van der Waals surface area contributed by atoms with Crippen molar-refractivity contribution in [1.82, 2.24) is 5.32 Å². The van der Waals surface area contributed by atoms with Gasteiger partial charge in [-0.15, -0.1) is 0 Å². The largest absolute Gasteiger partial charge is 0.505 e. The van der Waals surface area contributed by atoms with Gasteiger partial charge in [0.25, 0.3) is 5.91 Å². The second-order valence-electron chi connectivity index (χ2n) is 9.72. The fourth-order valence-electron chi connectivity index (χ4n) is 3.60. The lowest BCUT2D eigenvalue weighted by atomic mass is 10.0. The quantitative estimate of drug-likeness (QED) is 0.268. The van der Waals surface area contributed by atoms with Crippen LogP contribution in [0.25, 0.3) is 0 Å². The summed E-state index contributed by atoms with van der Waals surface area (Å²) in [7, 11) is 0. The minimum absolute atomic E-state index is 0.178. The minimum atomic E-state index is -0.849. The van der Waals surface area contributed by atoms with Crippen molar-refractivity contribution >= 4 is 17.6 Å². The van der Waals surface area contributed by atoms with Crippen LogP contribution in [0.3, 0.4) is 0 Å². The highest BCUT2D eigenvalue weighted by atomic mass is 19.1. The lowest BCUT2D eigenvalue weighted by Gasteiger charge is -2.25. The van der Waals surface area contributed by atoms with E-state index in [1.165, 1.54) is 18.2 Å². The molecule has 0 heterocycles. The number of amides is 1. The molecule has 0 spiro atoms. The molecule has 0 aliphatic rings. The van der Waals surface area contributed by atoms with Crippen LogP contribution in [0.5, 0.6) is 11.5 Å². The number of phenols is 1. The van der Waals surface area contributed by atoms with Crippen molar-refractivity contribution in [2.75, 3.05) is 12.3 Å². The molecule has 196 valence electrons. The summed E-state index contributed by atoms with van der Waals surface area (Å²) in [6.45, 7) is 5.50. The molecular weight excluding hydrogens is 475 g/mol. The Morgan fingerprint density at radius 1 is 1.00 bits per heavy atom. The predicted octanol–water partition coefficient (Wildman–Crippen LogP) is 4.81. The molecule has 0 aromatic heterocycles. The Morgan fingerprint density at radius 3 is 2.41 bits per heavy atom. The van der Waals surface area contributed by atoms with Gasteiger partial charge in [-0.25, -0.2) is 9.18 Å². The number of hydrogen-bond acceptors (Lipinski definition) is 6. The van der Waals surface area contributed by atoms with Gasteiger partial charge in [0.1, 0.15) is 17.4 Å². The van der Waals surface area contributed by atoms with Gasteiger partial charge in [0.2, 0.25) is 0 Å². The summed E-state index contributed by atoms with van der Waals surface area (Å²) in [5.74, 6) is -1.80. The van der Waals surface area contributed by atoms with Gasteiger partial charge in [-0.2, -0.15) is 0 Å². The Morgan fingerprint density at radius 2 is 1.73 bits per heavy atom. The van der Waals surface area contributed by atoms with Crippen molar-refractivity contribution in [2.45, 2.75) is 51.7 Å². The monoisotopic (exact) mass is 508 g/mol. The minimum Gasteiger partial charge on any atom is -0.505 e. The highest BCUT2D eigenvalue weighted by molar-refractivity contribution is 5.97. The van der Waals surface area contributed by atoms with Crippen molar-refractivity contribution in [3.05, 3.63) is 89.2 Å². The Labute approximate surface area is 216 Å². The van der Waals surface area contributed by atoms with E-state index in [4.69, 9.17) is 15.2 Å². The number of rotatable bonds is 10. The zero-order chi connectivity index (χ0) is 27.0. The Hall–Kier alpha value is -4.07. The summed E-state index contributed by atoms with van der Waals surface area (Å²) < 4.78 is 24.8. The van der Waals surface area contributed by atoms with Crippen molar-refractivity contribution < 1.29 is 28.6 Å². The van der Waals surface area contributed by atoms with E-state index in [-0.39, 0.29) is 12.2 Å². The summed E-state index contributed by atoms with van der Waals surface area (Å²) in [5.41, 5.74) is 7.61. The van der Waals surface area contributed by atoms with Gasteiger partial charge in [-0.1, -0.05) is 36.4 Å². The number of carbonyl (C=O) groups excluding carboxylic acids is 2. The molecule has 0 aliphatic heterocycles. The number of nitrogens with two attached hydrogens (primary N) is 1. The number of carbonyl (C=O) groups is 2. The maximum atomic E-state index is 13.6. The van der Waals surface area contributed by atoms with E-state index in [2.05, 4.69) is 5.32 Å². The zero-order valence-corrected chi connectivity index (χ0v) is 21.3. The van der Waals surface area contributed by atoms with Crippen LogP contribution in [0.2, 0.25) is 0 Å². The number of esters is 1. The van der Waals surface area contributed by atoms with Crippen molar-refractivity contribution in [1.29, 1.82) is 0 Å². The van der Waals surface area contributed by atoms with Gasteiger partial charge in [0.05, 0.1) is 12.3 Å². The standard InChI is InChI=1S/C29H33FN2O5/c1-29(2,3)37-28(35)24(13-9-19-7-5-4-6-8-19)32-27(34)21-11-12-23(31)26(18-21)36-16-15-20-10-14-25(33)22(30)17-20/h4-8,10-12,14,17-18,24,33H,9,13,15-16,31H2,1-3H3,(H,32,34)/t24-/m0/s1. The third-order valence-electron chi connectivity index (χ3n) is 5.50. The lowest BCUT2D eigenvalue weighted by molar-refractivity contribution is -0.157. The molecule has 0 unspecified atom stereocenters. The highest BCUT2D eigenvalue weighted by Gasteiger charge is 2.27. The van der Waals surface area contributed by atoms with E-state index < -0.39 is 35.1 Å². The molecule has 3 aromatic carbocycles. The van der Waals surface area contributed by atoms with Crippen LogP contribution < -0.4 is 15.8 Å². The molecule has 0 aliphatic carbocycles. The first kappa shape index (κ1) is 27.5. The smallest absolute Gasteiger partial charge is 0.329 e. The number of aromatic hydroxyl groups is 1. The molecule has 3 aromatic rings. The Balaban J connectivity index is 1.68. The van der Waals surface area contributed by atoms with Crippen molar-refractivity contribution in [3.8, 4) is 11.5 Å². The molecule has 0 saturated heterocycles. The molecule has 7 nitrogen and oxygen atoms in total. The second kappa shape index (κ2) is 12.3. The third kappa shape index (κ3) is 8.52. The molecule has 8 heteroatoms. The van der Waals surface area contributed by atoms with Gasteiger partial charge in [0, 0.05) is 12.0 Å². The summed E-state index contributed by atoms with van der Waals surface area (Å²) >= 11 is 0. The predicted molar refractivity (Wildman–Crippen MR) is 140 cm³/mol. The SMILES string of the molecule is CC(C)(C)OC(=O)[C@H](CCc1ccccc1)NC(=O)c1ccc(N)c(OCCc2ccc(O)c(F)c2)c1. The van der Waals surface area contributed by atoms with E-state index in [0.29, 0.717) is 36.3 Å². The summed E-state index contributed by atoms with van der Waals surface area (Å²) in [5, 5.41) is 12.1. The van der Waals surface area contributed by atoms with Crippen molar-refractivity contribution in [2.24, 2.45) is 0 Å².